The second kappa shape index (κ2) is 7.58. The van der Waals surface area contributed by atoms with Gasteiger partial charge in [0, 0.05) is 16.5 Å². The highest BCUT2D eigenvalue weighted by Gasteiger charge is 2.20. The summed E-state index contributed by atoms with van der Waals surface area (Å²) < 4.78 is 11.1. The molecule has 0 spiro atoms. The van der Waals surface area contributed by atoms with Gasteiger partial charge in [-0.3, -0.25) is 4.79 Å². The van der Waals surface area contributed by atoms with Gasteiger partial charge in [-0.1, -0.05) is 26.8 Å². The number of aromatic amines is 1. The summed E-state index contributed by atoms with van der Waals surface area (Å²) in [5.74, 6) is 0.427. The first-order valence-electron chi connectivity index (χ1n) is 9.42. The summed E-state index contributed by atoms with van der Waals surface area (Å²) in [6.07, 6.45) is -0.0566. The van der Waals surface area contributed by atoms with Gasteiger partial charge < -0.3 is 19.6 Å². The third kappa shape index (κ3) is 3.84. The number of benzene rings is 2. The number of rotatable bonds is 6. The van der Waals surface area contributed by atoms with Gasteiger partial charge in [-0.15, -0.1) is 0 Å². The molecular weight excluding hydrogens is 354 g/mol. The number of fused-ring (bicyclic) bond motifs is 1. The lowest BCUT2D eigenvalue weighted by atomic mass is 9.86. The third-order valence-corrected chi connectivity index (χ3v) is 4.85. The molecular formula is C23H27NO4. The summed E-state index contributed by atoms with van der Waals surface area (Å²) in [7, 11) is 1.60. The van der Waals surface area contributed by atoms with Crippen LogP contribution in [0.3, 0.4) is 0 Å². The van der Waals surface area contributed by atoms with E-state index in [1.54, 1.807) is 7.11 Å². The standard InChI is InChI=1S/C23H27NO4/c1-6-28-20-11-14(7-10-19(20)27-5)22-17(13-21(25)26)16-12-15(23(2,3)4)8-9-18(16)24-22/h7-12,24H,6,13H2,1-5H3,(H,25,26). The molecule has 0 saturated carbocycles. The lowest BCUT2D eigenvalue weighted by Crippen LogP contribution is -2.10. The number of ether oxygens (including phenoxy) is 2. The van der Waals surface area contributed by atoms with Gasteiger partial charge in [0.05, 0.1) is 25.8 Å². The second-order valence-electron chi connectivity index (χ2n) is 7.86. The number of carboxylic acid groups (broad SMARTS) is 1. The SMILES string of the molecule is CCOc1cc(-c2[nH]c3ccc(C(C)(C)C)cc3c2CC(=O)O)ccc1OC. The highest BCUT2D eigenvalue weighted by molar-refractivity contribution is 5.94. The van der Waals surface area contributed by atoms with E-state index in [2.05, 4.69) is 37.9 Å². The molecule has 0 aliphatic heterocycles. The molecule has 0 saturated heterocycles. The van der Waals surface area contributed by atoms with Gasteiger partial charge in [-0.05, 0) is 53.8 Å². The molecule has 3 aromatic rings. The molecule has 1 aromatic heterocycles. The van der Waals surface area contributed by atoms with Crippen molar-refractivity contribution in [1.29, 1.82) is 0 Å². The summed E-state index contributed by atoms with van der Waals surface area (Å²) in [6.45, 7) is 8.88. The number of H-pyrrole nitrogens is 1. The summed E-state index contributed by atoms with van der Waals surface area (Å²) in [4.78, 5) is 15.0. The Balaban J connectivity index is 2.22. The normalized spacial score (nSPS) is 11.6. The van der Waals surface area contributed by atoms with Crippen LogP contribution in [0.15, 0.2) is 36.4 Å². The second-order valence-corrected chi connectivity index (χ2v) is 7.86. The van der Waals surface area contributed by atoms with Gasteiger partial charge in [0.1, 0.15) is 0 Å². The number of nitrogens with one attached hydrogen (secondary N) is 1. The van der Waals surface area contributed by atoms with Crippen molar-refractivity contribution in [3.8, 4) is 22.8 Å². The summed E-state index contributed by atoms with van der Waals surface area (Å²) in [5.41, 5.74) is 4.52. The van der Waals surface area contributed by atoms with E-state index >= 15 is 0 Å². The molecule has 0 amide bonds. The maximum atomic E-state index is 11.6. The highest BCUT2D eigenvalue weighted by atomic mass is 16.5. The zero-order valence-electron chi connectivity index (χ0n) is 17.1. The number of aliphatic carboxylic acids is 1. The Kier molecular flexibility index (Phi) is 5.36. The third-order valence-electron chi connectivity index (χ3n) is 4.85. The monoisotopic (exact) mass is 381 g/mol. The molecule has 5 heteroatoms. The Morgan fingerprint density at radius 1 is 1.11 bits per heavy atom. The minimum Gasteiger partial charge on any atom is -0.493 e. The smallest absolute Gasteiger partial charge is 0.307 e. The zero-order valence-corrected chi connectivity index (χ0v) is 17.1. The Morgan fingerprint density at radius 2 is 1.86 bits per heavy atom. The lowest BCUT2D eigenvalue weighted by molar-refractivity contribution is -0.136. The van der Waals surface area contributed by atoms with Gasteiger partial charge in [-0.2, -0.15) is 0 Å². The molecule has 5 nitrogen and oxygen atoms in total. The maximum absolute atomic E-state index is 11.6. The first-order chi connectivity index (χ1) is 13.2. The van der Waals surface area contributed by atoms with Crippen LogP contribution in [0.25, 0.3) is 22.2 Å². The van der Waals surface area contributed by atoms with Gasteiger partial charge in [0.15, 0.2) is 11.5 Å². The molecule has 28 heavy (non-hydrogen) atoms. The number of aromatic nitrogens is 1. The molecule has 2 N–H and O–H groups in total. The van der Waals surface area contributed by atoms with E-state index in [0.29, 0.717) is 18.1 Å². The molecule has 1 heterocycles. The molecule has 0 aliphatic carbocycles. The molecule has 2 aromatic carbocycles. The van der Waals surface area contributed by atoms with Crippen molar-refractivity contribution in [3.63, 3.8) is 0 Å². The fourth-order valence-electron chi connectivity index (χ4n) is 3.40. The molecule has 0 bridgehead atoms. The molecule has 0 aliphatic rings. The van der Waals surface area contributed by atoms with Crippen LogP contribution in [-0.2, 0) is 16.6 Å². The molecule has 0 unspecified atom stereocenters. The van der Waals surface area contributed by atoms with E-state index in [0.717, 1.165) is 27.7 Å². The fraction of sp³-hybridized carbons (Fsp3) is 0.348. The van der Waals surface area contributed by atoms with Crippen LogP contribution in [0, 0.1) is 0 Å². The quantitative estimate of drug-likeness (QED) is 0.618. The molecule has 0 atom stereocenters. The Morgan fingerprint density at radius 3 is 2.46 bits per heavy atom. The summed E-state index contributed by atoms with van der Waals surface area (Å²) >= 11 is 0. The molecule has 0 fully saturated rings. The average molecular weight is 381 g/mol. The zero-order chi connectivity index (χ0) is 20.5. The Labute approximate surface area is 165 Å². The van der Waals surface area contributed by atoms with Crippen molar-refractivity contribution < 1.29 is 19.4 Å². The van der Waals surface area contributed by atoms with Crippen LogP contribution in [0.5, 0.6) is 11.5 Å². The van der Waals surface area contributed by atoms with Crippen LogP contribution < -0.4 is 9.47 Å². The van der Waals surface area contributed by atoms with Gasteiger partial charge in [0.2, 0.25) is 0 Å². The average Bonchev–Trinajstić information content (AvgIpc) is 2.98. The molecule has 0 radical (unpaired) electrons. The van der Waals surface area contributed by atoms with Gasteiger partial charge in [0.25, 0.3) is 0 Å². The van der Waals surface area contributed by atoms with Crippen molar-refractivity contribution in [3.05, 3.63) is 47.5 Å². The number of carboxylic acids is 1. The topological polar surface area (TPSA) is 71.6 Å². The van der Waals surface area contributed by atoms with Crippen molar-refractivity contribution in [1.82, 2.24) is 4.98 Å². The number of carbonyl (C=O) groups is 1. The van der Waals surface area contributed by atoms with Gasteiger partial charge >= 0.3 is 5.97 Å². The molecule has 148 valence electrons. The van der Waals surface area contributed by atoms with E-state index < -0.39 is 5.97 Å². The summed E-state index contributed by atoms with van der Waals surface area (Å²) in [5, 5.41) is 10.5. The van der Waals surface area contributed by atoms with Crippen LogP contribution in [0.4, 0.5) is 0 Å². The van der Waals surface area contributed by atoms with E-state index in [9.17, 15) is 9.90 Å². The largest absolute Gasteiger partial charge is 0.493 e. The Bertz CT molecular complexity index is 1010. The first kappa shape index (κ1) is 19.8. The van der Waals surface area contributed by atoms with E-state index in [1.165, 1.54) is 5.56 Å². The van der Waals surface area contributed by atoms with Gasteiger partial charge in [-0.25, -0.2) is 0 Å². The van der Waals surface area contributed by atoms with Crippen LogP contribution >= 0.6 is 0 Å². The minimum absolute atomic E-state index is 0.0195. The highest BCUT2D eigenvalue weighted by Crippen LogP contribution is 2.37. The maximum Gasteiger partial charge on any atom is 0.307 e. The van der Waals surface area contributed by atoms with E-state index in [4.69, 9.17) is 9.47 Å². The number of hydrogen-bond donors (Lipinski definition) is 2. The van der Waals surface area contributed by atoms with Crippen molar-refractivity contribution in [2.75, 3.05) is 13.7 Å². The van der Waals surface area contributed by atoms with Crippen molar-refractivity contribution in [2.45, 2.75) is 39.5 Å². The van der Waals surface area contributed by atoms with Crippen molar-refractivity contribution in [2.24, 2.45) is 0 Å². The van der Waals surface area contributed by atoms with Crippen molar-refractivity contribution >= 4 is 16.9 Å². The minimum atomic E-state index is -0.859. The predicted molar refractivity (Wildman–Crippen MR) is 111 cm³/mol. The molecule has 3 rings (SSSR count). The number of methoxy groups -OCH3 is 1. The predicted octanol–water partition coefficient (Wildman–Crippen LogP) is 5.17. The van der Waals surface area contributed by atoms with E-state index in [-0.39, 0.29) is 11.8 Å². The number of hydrogen-bond acceptors (Lipinski definition) is 3. The van der Waals surface area contributed by atoms with Crippen LogP contribution in [0.1, 0.15) is 38.8 Å². The summed E-state index contributed by atoms with van der Waals surface area (Å²) in [6, 6.07) is 11.9. The van der Waals surface area contributed by atoms with E-state index in [1.807, 2.05) is 31.2 Å². The fourth-order valence-corrected chi connectivity index (χ4v) is 3.40. The van der Waals surface area contributed by atoms with Crippen LogP contribution in [0.2, 0.25) is 0 Å². The first-order valence-corrected chi connectivity index (χ1v) is 9.42. The Hall–Kier alpha value is -2.95. The lowest BCUT2D eigenvalue weighted by Gasteiger charge is -2.19. The van der Waals surface area contributed by atoms with Crippen LogP contribution in [-0.4, -0.2) is 29.8 Å².